The number of benzene rings is 1. The Morgan fingerprint density at radius 3 is 2.22 bits per heavy atom. The molecule has 0 aromatic heterocycles. The predicted octanol–water partition coefficient (Wildman–Crippen LogP) is 2.75. The first kappa shape index (κ1) is 21.2. The molecule has 3 amide bonds. The van der Waals surface area contributed by atoms with Crippen molar-refractivity contribution in [3.63, 3.8) is 0 Å². The maximum absolute atomic E-state index is 12.1. The zero-order valence-corrected chi connectivity index (χ0v) is 16.3. The molecule has 150 valence electrons. The lowest BCUT2D eigenvalue weighted by Gasteiger charge is -2.29. The minimum Gasteiger partial charge on any atom is -0.335 e. The number of amides is 3. The Balaban J connectivity index is 1.68. The molecule has 0 atom stereocenters. The Hall–Kier alpha value is -2.12. The summed E-state index contributed by atoms with van der Waals surface area (Å²) in [5.41, 5.74) is 6.90. The minimum absolute atomic E-state index is 0.0171. The van der Waals surface area contributed by atoms with Crippen molar-refractivity contribution < 1.29 is 9.59 Å². The number of rotatable bonds is 9. The summed E-state index contributed by atoms with van der Waals surface area (Å²) in [5, 5.41) is 8.75. The molecule has 7 nitrogen and oxygen atoms in total. The summed E-state index contributed by atoms with van der Waals surface area (Å²) < 4.78 is 0. The van der Waals surface area contributed by atoms with Crippen molar-refractivity contribution in [2.45, 2.75) is 51.0 Å². The first-order valence-corrected chi connectivity index (χ1v) is 9.93. The topological polar surface area (TPSA) is 99.5 Å². The van der Waals surface area contributed by atoms with E-state index < -0.39 is 0 Å². The summed E-state index contributed by atoms with van der Waals surface area (Å²) in [6.45, 7) is 2.72. The summed E-state index contributed by atoms with van der Waals surface area (Å²) in [5.74, 6) is 0.0171. The lowest BCUT2D eigenvalue weighted by Crippen LogP contribution is -2.44. The number of carbonyl (C=O) groups excluding carboxylic acids is 2. The number of likely N-dealkylation sites (tertiary alicyclic amines) is 1. The van der Waals surface area contributed by atoms with Gasteiger partial charge in [-0.2, -0.15) is 0 Å². The van der Waals surface area contributed by atoms with Gasteiger partial charge in [-0.05, 0) is 76.6 Å². The molecule has 1 aliphatic heterocycles. The highest BCUT2D eigenvalue weighted by Crippen LogP contribution is 2.15. The van der Waals surface area contributed by atoms with Gasteiger partial charge in [0.2, 0.25) is 5.91 Å². The summed E-state index contributed by atoms with van der Waals surface area (Å²) >= 11 is 0. The van der Waals surface area contributed by atoms with Crippen molar-refractivity contribution >= 4 is 23.3 Å². The van der Waals surface area contributed by atoms with Crippen LogP contribution in [0.1, 0.15) is 44.9 Å². The molecule has 1 saturated heterocycles. The van der Waals surface area contributed by atoms with Gasteiger partial charge < -0.3 is 26.6 Å². The van der Waals surface area contributed by atoms with Gasteiger partial charge in [-0.1, -0.05) is 12.8 Å². The van der Waals surface area contributed by atoms with E-state index in [0.717, 1.165) is 57.3 Å². The number of urea groups is 1. The van der Waals surface area contributed by atoms with Crippen LogP contribution in [-0.4, -0.2) is 49.6 Å². The van der Waals surface area contributed by atoms with Gasteiger partial charge in [0, 0.05) is 23.8 Å². The Labute approximate surface area is 162 Å². The summed E-state index contributed by atoms with van der Waals surface area (Å²) in [7, 11) is 2.10. The number of unbranched alkanes of at least 4 members (excludes halogenated alkanes) is 3. The molecule has 0 saturated carbocycles. The van der Waals surface area contributed by atoms with Crippen LogP contribution in [0, 0.1) is 0 Å². The molecule has 0 bridgehead atoms. The Kier molecular flexibility index (Phi) is 9.07. The van der Waals surface area contributed by atoms with Gasteiger partial charge in [0.05, 0.1) is 0 Å². The molecule has 0 aliphatic carbocycles. The smallest absolute Gasteiger partial charge is 0.319 e. The Morgan fingerprint density at radius 2 is 1.59 bits per heavy atom. The fourth-order valence-electron chi connectivity index (χ4n) is 3.15. The van der Waals surface area contributed by atoms with Crippen molar-refractivity contribution in [2.75, 3.05) is 37.3 Å². The monoisotopic (exact) mass is 375 g/mol. The average Bonchev–Trinajstić information content (AvgIpc) is 2.65. The molecular weight excluding hydrogens is 342 g/mol. The average molecular weight is 376 g/mol. The van der Waals surface area contributed by atoms with Crippen LogP contribution in [-0.2, 0) is 4.79 Å². The molecule has 0 radical (unpaired) electrons. The van der Waals surface area contributed by atoms with Crippen LogP contribution in [0.4, 0.5) is 16.2 Å². The van der Waals surface area contributed by atoms with Crippen molar-refractivity contribution in [2.24, 2.45) is 5.73 Å². The predicted molar refractivity (Wildman–Crippen MR) is 110 cm³/mol. The highest BCUT2D eigenvalue weighted by atomic mass is 16.2. The van der Waals surface area contributed by atoms with Crippen LogP contribution in [0.2, 0.25) is 0 Å². The third-order valence-corrected chi connectivity index (χ3v) is 4.84. The van der Waals surface area contributed by atoms with E-state index in [2.05, 4.69) is 27.9 Å². The van der Waals surface area contributed by atoms with Gasteiger partial charge in [0.15, 0.2) is 0 Å². The SMILES string of the molecule is CN1CCC(NC(=O)Nc2ccc(NC(=O)CCCCCCN)cc2)CC1. The van der Waals surface area contributed by atoms with Crippen LogP contribution >= 0.6 is 0 Å². The number of nitrogens with zero attached hydrogens (tertiary/aromatic N) is 1. The first-order valence-electron chi connectivity index (χ1n) is 9.93. The van der Waals surface area contributed by atoms with Crippen molar-refractivity contribution in [1.82, 2.24) is 10.2 Å². The van der Waals surface area contributed by atoms with Gasteiger partial charge in [0.25, 0.3) is 0 Å². The number of hydrogen-bond acceptors (Lipinski definition) is 4. The lowest BCUT2D eigenvalue weighted by atomic mass is 10.1. The Morgan fingerprint density at radius 1 is 1.00 bits per heavy atom. The number of carbonyl (C=O) groups is 2. The van der Waals surface area contributed by atoms with Crippen molar-refractivity contribution in [3.05, 3.63) is 24.3 Å². The van der Waals surface area contributed by atoms with E-state index in [1.165, 1.54) is 0 Å². The first-order chi connectivity index (χ1) is 13.1. The van der Waals surface area contributed by atoms with E-state index in [0.29, 0.717) is 18.7 Å². The molecule has 0 spiro atoms. The van der Waals surface area contributed by atoms with Crippen LogP contribution in [0.15, 0.2) is 24.3 Å². The number of piperidine rings is 1. The lowest BCUT2D eigenvalue weighted by molar-refractivity contribution is -0.116. The molecule has 5 N–H and O–H groups in total. The maximum atomic E-state index is 12.1. The van der Waals surface area contributed by atoms with E-state index in [9.17, 15) is 9.59 Å². The van der Waals surface area contributed by atoms with E-state index >= 15 is 0 Å². The molecule has 27 heavy (non-hydrogen) atoms. The third kappa shape index (κ3) is 8.41. The second-order valence-electron chi connectivity index (χ2n) is 7.25. The van der Waals surface area contributed by atoms with Crippen LogP contribution < -0.4 is 21.7 Å². The molecule has 1 heterocycles. The van der Waals surface area contributed by atoms with Crippen molar-refractivity contribution in [1.29, 1.82) is 0 Å². The number of nitrogens with two attached hydrogens (primary N) is 1. The highest BCUT2D eigenvalue weighted by molar-refractivity contribution is 5.92. The molecule has 1 aromatic carbocycles. The zero-order valence-electron chi connectivity index (χ0n) is 16.3. The van der Waals surface area contributed by atoms with Gasteiger partial charge in [-0.15, -0.1) is 0 Å². The van der Waals surface area contributed by atoms with E-state index in [-0.39, 0.29) is 18.0 Å². The van der Waals surface area contributed by atoms with Gasteiger partial charge in [0.1, 0.15) is 0 Å². The number of anilines is 2. The second kappa shape index (κ2) is 11.6. The highest BCUT2D eigenvalue weighted by Gasteiger charge is 2.18. The fraction of sp³-hybridized carbons (Fsp3) is 0.600. The summed E-state index contributed by atoms with van der Waals surface area (Å²) in [4.78, 5) is 26.3. The van der Waals surface area contributed by atoms with Gasteiger partial charge in [-0.25, -0.2) is 4.79 Å². The minimum atomic E-state index is -0.182. The standard InChI is InChI=1S/C20H33N5O2/c1-25-14-11-18(12-15-25)24-20(27)23-17-9-7-16(8-10-17)22-19(26)6-4-2-3-5-13-21/h7-10,18H,2-6,11-15,21H2,1H3,(H,22,26)(H2,23,24,27). The molecule has 1 aromatic rings. The fourth-order valence-corrected chi connectivity index (χ4v) is 3.15. The molecule has 1 aliphatic rings. The Bertz CT molecular complexity index is 583. The molecule has 2 rings (SSSR count). The molecule has 1 fully saturated rings. The van der Waals surface area contributed by atoms with E-state index in [1.807, 2.05) is 0 Å². The van der Waals surface area contributed by atoms with E-state index in [4.69, 9.17) is 5.73 Å². The normalized spacial score (nSPS) is 15.3. The number of hydrogen-bond donors (Lipinski definition) is 4. The second-order valence-corrected chi connectivity index (χ2v) is 7.25. The zero-order chi connectivity index (χ0) is 19.5. The number of nitrogens with one attached hydrogen (secondary N) is 3. The molecule has 0 unspecified atom stereocenters. The molecular formula is C20H33N5O2. The van der Waals surface area contributed by atoms with E-state index in [1.54, 1.807) is 24.3 Å². The quantitative estimate of drug-likeness (QED) is 0.499. The maximum Gasteiger partial charge on any atom is 0.319 e. The van der Waals surface area contributed by atoms with Crippen LogP contribution in [0.3, 0.4) is 0 Å². The van der Waals surface area contributed by atoms with Gasteiger partial charge in [-0.3, -0.25) is 4.79 Å². The van der Waals surface area contributed by atoms with Crippen LogP contribution in [0.25, 0.3) is 0 Å². The largest absolute Gasteiger partial charge is 0.335 e. The third-order valence-electron chi connectivity index (χ3n) is 4.84. The van der Waals surface area contributed by atoms with Crippen molar-refractivity contribution in [3.8, 4) is 0 Å². The summed E-state index contributed by atoms with van der Waals surface area (Å²) in [6, 6.07) is 7.24. The van der Waals surface area contributed by atoms with Crippen LogP contribution in [0.5, 0.6) is 0 Å². The van der Waals surface area contributed by atoms with Gasteiger partial charge >= 0.3 is 6.03 Å². The molecule has 7 heteroatoms. The summed E-state index contributed by atoms with van der Waals surface area (Å²) in [6.07, 6.45) is 6.46.